The number of nitrogens with one attached hydrogen (secondary N) is 1. The van der Waals surface area contributed by atoms with E-state index in [4.69, 9.17) is 0 Å². The first-order valence-electron chi connectivity index (χ1n) is 6.26. The van der Waals surface area contributed by atoms with Crippen molar-refractivity contribution in [3.63, 3.8) is 0 Å². The van der Waals surface area contributed by atoms with Crippen molar-refractivity contribution < 1.29 is 0 Å². The van der Waals surface area contributed by atoms with Crippen molar-refractivity contribution in [2.24, 2.45) is 0 Å². The summed E-state index contributed by atoms with van der Waals surface area (Å²) in [6.45, 7) is 3.25. The van der Waals surface area contributed by atoms with Gasteiger partial charge in [-0.3, -0.25) is 0 Å². The second kappa shape index (κ2) is 7.88. The third-order valence-corrected chi connectivity index (χ3v) is 4.06. The molecule has 2 rings (SSSR count). The van der Waals surface area contributed by atoms with E-state index >= 15 is 0 Å². The molecule has 1 N–H and O–H groups in total. The first-order valence-corrected chi connectivity index (χ1v) is 7.41. The first-order chi connectivity index (χ1) is 7.90. The highest BCUT2D eigenvalue weighted by Crippen LogP contribution is 2.20. The van der Waals surface area contributed by atoms with Crippen molar-refractivity contribution in [1.82, 2.24) is 9.78 Å². The molecule has 0 atom stereocenters. The molecule has 1 fully saturated rings. The summed E-state index contributed by atoms with van der Waals surface area (Å²) in [6.07, 6.45) is 6.89. The van der Waals surface area contributed by atoms with Crippen LogP contribution in [0.25, 0.3) is 0 Å². The van der Waals surface area contributed by atoms with E-state index in [-0.39, 0.29) is 12.4 Å². The Hall–Kier alpha value is -0.350. The minimum Gasteiger partial charge on any atom is -0.367 e. The number of hydrogen-bond acceptors (Lipinski definition) is 3. The topological polar surface area (TPSA) is 29.9 Å². The normalized spacial score (nSPS) is 16.5. The SMILES string of the molecule is CCCCn1nccc1NC1CCSCC1.Cl. The fraction of sp³-hybridized carbons (Fsp3) is 0.750. The molecule has 0 amide bonds. The smallest absolute Gasteiger partial charge is 0.124 e. The molecule has 0 aliphatic carbocycles. The predicted molar refractivity (Wildman–Crippen MR) is 78.4 cm³/mol. The largest absolute Gasteiger partial charge is 0.367 e. The van der Waals surface area contributed by atoms with E-state index < -0.39 is 0 Å². The van der Waals surface area contributed by atoms with Crippen molar-refractivity contribution >= 4 is 30.0 Å². The van der Waals surface area contributed by atoms with E-state index in [1.807, 2.05) is 6.20 Å². The van der Waals surface area contributed by atoms with E-state index in [9.17, 15) is 0 Å². The van der Waals surface area contributed by atoms with Crippen LogP contribution in [0, 0.1) is 0 Å². The van der Waals surface area contributed by atoms with Gasteiger partial charge >= 0.3 is 0 Å². The van der Waals surface area contributed by atoms with Crippen molar-refractivity contribution in [3.8, 4) is 0 Å². The molecule has 1 aromatic heterocycles. The summed E-state index contributed by atoms with van der Waals surface area (Å²) < 4.78 is 2.10. The van der Waals surface area contributed by atoms with Crippen LogP contribution in [0.2, 0.25) is 0 Å². The number of unbranched alkanes of at least 4 members (excludes halogenated alkanes) is 1. The van der Waals surface area contributed by atoms with Crippen LogP contribution in [0.3, 0.4) is 0 Å². The summed E-state index contributed by atoms with van der Waals surface area (Å²) in [5.41, 5.74) is 0. The Bertz CT molecular complexity index is 310. The minimum atomic E-state index is 0. The van der Waals surface area contributed by atoms with Gasteiger partial charge in [-0.1, -0.05) is 13.3 Å². The van der Waals surface area contributed by atoms with Crippen LogP contribution in [0.5, 0.6) is 0 Å². The summed E-state index contributed by atoms with van der Waals surface area (Å²) in [6, 6.07) is 2.75. The van der Waals surface area contributed by atoms with Gasteiger partial charge in [0.1, 0.15) is 5.82 Å². The second-order valence-electron chi connectivity index (χ2n) is 4.32. The number of rotatable bonds is 5. The molecular weight excluding hydrogens is 254 g/mol. The highest BCUT2D eigenvalue weighted by molar-refractivity contribution is 7.99. The number of hydrogen-bond donors (Lipinski definition) is 1. The van der Waals surface area contributed by atoms with Gasteiger partial charge in [-0.05, 0) is 30.8 Å². The zero-order chi connectivity index (χ0) is 11.2. The quantitative estimate of drug-likeness (QED) is 0.893. The van der Waals surface area contributed by atoms with Crippen molar-refractivity contribution in [1.29, 1.82) is 0 Å². The van der Waals surface area contributed by atoms with Crippen LogP contribution in [-0.2, 0) is 6.54 Å². The Kier molecular flexibility index (Phi) is 6.82. The molecule has 98 valence electrons. The van der Waals surface area contributed by atoms with Gasteiger partial charge in [0.2, 0.25) is 0 Å². The van der Waals surface area contributed by atoms with E-state index in [2.05, 4.69) is 39.8 Å². The third kappa shape index (κ3) is 4.43. The highest BCUT2D eigenvalue weighted by atomic mass is 35.5. The van der Waals surface area contributed by atoms with Crippen molar-refractivity contribution in [2.45, 2.75) is 45.2 Å². The molecule has 3 nitrogen and oxygen atoms in total. The zero-order valence-corrected chi connectivity index (χ0v) is 12.0. The van der Waals surface area contributed by atoms with E-state index in [0.29, 0.717) is 6.04 Å². The molecule has 5 heteroatoms. The van der Waals surface area contributed by atoms with Crippen LogP contribution in [0.15, 0.2) is 12.3 Å². The fourth-order valence-corrected chi connectivity index (χ4v) is 3.10. The maximum absolute atomic E-state index is 4.37. The maximum atomic E-state index is 4.37. The lowest BCUT2D eigenvalue weighted by atomic mass is 10.1. The molecule has 1 aromatic rings. The molecular formula is C12H22ClN3S. The monoisotopic (exact) mass is 275 g/mol. The number of nitrogens with zero attached hydrogens (tertiary/aromatic N) is 2. The van der Waals surface area contributed by atoms with Gasteiger partial charge in [0.25, 0.3) is 0 Å². The maximum Gasteiger partial charge on any atom is 0.124 e. The number of thioether (sulfide) groups is 1. The van der Waals surface area contributed by atoms with Gasteiger partial charge in [0, 0.05) is 18.7 Å². The van der Waals surface area contributed by atoms with Crippen LogP contribution >= 0.6 is 24.2 Å². The first kappa shape index (κ1) is 14.7. The highest BCUT2D eigenvalue weighted by Gasteiger charge is 2.14. The van der Waals surface area contributed by atoms with Gasteiger partial charge in [-0.25, -0.2) is 4.68 Å². The molecule has 0 unspecified atom stereocenters. The zero-order valence-electron chi connectivity index (χ0n) is 10.4. The minimum absolute atomic E-state index is 0. The van der Waals surface area contributed by atoms with Crippen molar-refractivity contribution in [3.05, 3.63) is 12.3 Å². The van der Waals surface area contributed by atoms with E-state index in [1.54, 1.807) is 0 Å². The fourth-order valence-electron chi connectivity index (χ4n) is 1.99. The third-order valence-electron chi connectivity index (χ3n) is 3.01. The van der Waals surface area contributed by atoms with Gasteiger partial charge < -0.3 is 5.32 Å². The standard InChI is InChI=1S/C12H21N3S.ClH/c1-2-3-8-15-12(4-7-13-15)14-11-5-9-16-10-6-11;/h4,7,11,14H,2-3,5-6,8-10H2,1H3;1H. The summed E-state index contributed by atoms with van der Waals surface area (Å²) >= 11 is 2.07. The van der Waals surface area contributed by atoms with Gasteiger partial charge in [-0.15, -0.1) is 12.4 Å². The average Bonchev–Trinajstić information content (AvgIpc) is 2.75. The van der Waals surface area contributed by atoms with E-state index in [1.165, 1.54) is 43.0 Å². The Morgan fingerprint density at radius 2 is 2.24 bits per heavy atom. The van der Waals surface area contributed by atoms with Gasteiger partial charge in [0.15, 0.2) is 0 Å². The van der Waals surface area contributed by atoms with Crippen LogP contribution in [0.1, 0.15) is 32.6 Å². The molecule has 17 heavy (non-hydrogen) atoms. The van der Waals surface area contributed by atoms with Gasteiger partial charge in [0.05, 0.1) is 6.20 Å². The summed E-state index contributed by atoms with van der Waals surface area (Å²) in [5.74, 6) is 3.78. The molecule has 0 bridgehead atoms. The Balaban J connectivity index is 0.00000144. The van der Waals surface area contributed by atoms with Crippen LogP contribution < -0.4 is 5.32 Å². The molecule has 0 saturated carbocycles. The Labute approximate surface area is 114 Å². The lowest BCUT2D eigenvalue weighted by molar-refractivity contribution is 0.566. The predicted octanol–water partition coefficient (Wildman–Crippen LogP) is 3.41. The molecule has 1 aliphatic rings. The second-order valence-corrected chi connectivity index (χ2v) is 5.55. The molecule has 1 saturated heterocycles. The number of aromatic nitrogens is 2. The lowest BCUT2D eigenvalue weighted by Gasteiger charge is -2.23. The summed E-state index contributed by atoms with van der Waals surface area (Å²) in [5, 5.41) is 7.99. The van der Waals surface area contributed by atoms with Gasteiger partial charge in [-0.2, -0.15) is 16.9 Å². The molecule has 0 aromatic carbocycles. The van der Waals surface area contributed by atoms with Crippen LogP contribution in [0.4, 0.5) is 5.82 Å². The number of anilines is 1. The van der Waals surface area contributed by atoms with Crippen molar-refractivity contribution in [2.75, 3.05) is 16.8 Å². The van der Waals surface area contributed by atoms with Crippen LogP contribution in [-0.4, -0.2) is 27.3 Å². The average molecular weight is 276 g/mol. The summed E-state index contributed by atoms with van der Waals surface area (Å²) in [4.78, 5) is 0. The lowest BCUT2D eigenvalue weighted by Crippen LogP contribution is -2.26. The molecule has 0 spiro atoms. The Morgan fingerprint density at radius 1 is 1.47 bits per heavy atom. The molecule has 1 aliphatic heterocycles. The molecule has 0 radical (unpaired) electrons. The summed E-state index contributed by atoms with van der Waals surface area (Å²) in [7, 11) is 0. The Morgan fingerprint density at radius 3 is 2.94 bits per heavy atom. The number of halogens is 1. The van der Waals surface area contributed by atoms with E-state index in [0.717, 1.165) is 6.54 Å². The molecule has 2 heterocycles. The number of aryl methyl sites for hydroxylation is 1.